The first kappa shape index (κ1) is 23.6. The number of methoxy groups -OCH3 is 1. The molecule has 4 rings (SSSR count). The minimum atomic E-state index is -1.16. The lowest BCUT2D eigenvalue weighted by atomic mass is 9.82. The van der Waals surface area contributed by atoms with Crippen LogP contribution >= 0.6 is 0 Å². The van der Waals surface area contributed by atoms with Crippen molar-refractivity contribution in [3.8, 4) is 5.75 Å². The van der Waals surface area contributed by atoms with Gasteiger partial charge in [-0.3, -0.25) is 0 Å². The Hall–Kier alpha value is -2.57. The van der Waals surface area contributed by atoms with Gasteiger partial charge < -0.3 is 9.47 Å². The fourth-order valence-corrected chi connectivity index (χ4v) is 5.18. The van der Waals surface area contributed by atoms with Crippen LogP contribution in [-0.4, -0.2) is 19.2 Å². The van der Waals surface area contributed by atoms with Crippen molar-refractivity contribution < 1.29 is 31.8 Å². The molecule has 3 nitrogen and oxygen atoms in total. The van der Waals surface area contributed by atoms with Gasteiger partial charge >= 0.3 is 5.97 Å². The molecule has 0 atom stereocenters. The SMILES string of the molecule is COc1ccc(C2CCC(OC(=O)c3ccc(C4CCCCC4)c(F)c3F)CC2)c(F)c1F. The fraction of sp³-hybridized carbons (Fsp3) is 0.500. The largest absolute Gasteiger partial charge is 0.494 e. The van der Waals surface area contributed by atoms with E-state index in [1.807, 2.05) is 0 Å². The molecular weight excluding hydrogens is 436 g/mol. The number of carbonyl (C=O) groups excluding carboxylic acids is 1. The maximum absolute atomic E-state index is 14.7. The number of carbonyl (C=O) groups is 1. The van der Waals surface area contributed by atoms with Crippen molar-refractivity contribution >= 4 is 5.97 Å². The third kappa shape index (κ3) is 4.87. The van der Waals surface area contributed by atoms with Crippen LogP contribution in [0.4, 0.5) is 17.6 Å². The number of ether oxygens (including phenoxy) is 2. The molecule has 0 aliphatic heterocycles. The van der Waals surface area contributed by atoms with E-state index in [4.69, 9.17) is 9.47 Å². The summed E-state index contributed by atoms with van der Waals surface area (Å²) >= 11 is 0. The van der Waals surface area contributed by atoms with Crippen LogP contribution in [0, 0.1) is 23.3 Å². The number of hydrogen-bond donors (Lipinski definition) is 0. The van der Waals surface area contributed by atoms with Crippen molar-refractivity contribution in [2.45, 2.75) is 75.7 Å². The molecule has 0 saturated heterocycles. The molecule has 2 aliphatic carbocycles. The average molecular weight is 464 g/mol. The van der Waals surface area contributed by atoms with Crippen LogP contribution in [0.5, 0.6) is 5.75 Å². The Morgan fingerprint density at radius 1 is 0.727 bits per heavy atom. The van der Waals surface area contributed by atoms with Crippen molar-refractivity contribution in [3.63, 3.8) is 0 Å². The van der Waals surface area contributed by atoms with E-state index in [2.05, 4.69) is 0 Å². The first-order valence-electron chi connectivity index (χ1n) is 11.6. The predicted octanol–water partition coefficient (Wildman–Crippen LogP) is 7.18. The van der Waals surface area contributed by atoms with Crippen LogP contribution < -0.4 is 4.74 Å². The van der Waals surface area contributed by atoms with Gasteiger partial charge in [-0.2, -0.15) is 4.39 Å². The van der Waals surface area contributed by atoms with Crippen molar-refractivity contribution in [3.05, 3.63) is 64.2 Å². The van der Waals surface area contributed by atoms with E-state index in [-0.39, 0.29) is 23.1 Å². The van der Waals surface area contributed by atoms with Gasteiger partial charge in [-0.15, -0.1) is 0 Å². The highest BCUT2D eigenvalue weighted by Gasteiger charge is 2.30. The summed E-state index contributed by atoms with van der Waals surface area (Å²) in [5.74, 6) is -5.34. The number of halogens is 4. The summed E-state index contributed by atoms with van der Waals surface area (Å²) in [4.78, 5) is 12.5. The summed E-state index contributed by atoms with van der Waals surface area (Å²) in [5.41, 5.74) is 0.194. The molecule has 0 spiro atoms. The maximum Gasteiger partial charge on any atom is 0.341 e. The zero-order valence-electron chi connectivity index (χ0n) is 18.6. The lowest BCUT2D eigenvalue weighted by Gasteiger charge is -2.29. The highest BCUT2D eigenvalue weighted by molar-refractivity contribution is 5.90. The van der Waals surface area contributed by atoms with Crippen LogP contribution in [0.15, 0.2) is 24.3 Å². The highest BCUT2D eigenvalue weighted by atomic mass is 19.2. The average Bonchev–Trinajstić information content (AvgIpc) is 2.83. The standard InChI is InChI=1S/C26H28F4O3/c1-32-21-14-13-19(23(28)25(21)30)16-7-9-17(10-8-16)33-26(31)20-12-11-18(22(27)24(20)29)15-5-3-2-4-6-15/h11-17H,2-10H2,1H3. The maximum atomic E-state index is 14.7. The first-order valence-corrected chi connectivity index (χ1v) is 11.6. The molecule has 2 saturated carbocycles. The van der Waals surface area contributed by atoms with Crippen molar-refractivity contribution in [1.29, 1.82) is 0 Å². The summed E-state index contributed by atoms with van der Waals surface area (Å²) in [6, 6.07) is 5.73. The third-order valence-corrected chi connectivity index (χ3v) is 7.06. The van der Waals surface area contributed by atoms with Gasteiger partial charge in [0.2, 0.25) is 5.82 Å². The first-order chi connectivity index (χ1) is 15.9. The van der Waals surface area contributed by atoms with Crippen molar-refractivity contribution in [2.24, 2.45) is 0 Å². The predicted molar refractivity (Wildman–Crippen MR) is 116 cm³/mol. The topological polar surface area (TPSA) is 35.5 Å². The molecular formula is C26H28F4O3. The smallest absolute Gasteiger partial charge is 0.341 e. The Kier molecular flexibility index (Phi) is 7.25. The third-order valence-electron chi connectivity index (χ3n) is 7.06. The summed E-state index contributed by atoms with van der Waals surface area (Å²) in [6.07, 6.45) is 6.06. The van der Waals surface area contributed by atoms with E-state index in [1.165, 1.54) is 31.4 Å². The van der Waals surface area contributed by atoms with E-state index >= 15 is 0 Å². The number of benzene rings is 2. The monoisotopic (exact) mass is 464 g/mol. The summed E-state index contributed by atoms with van der Waals surface area (Å²) in [5, 5.41) is 0. The van der Waals surface area contributed by atoms with Crippen LogP contribution in [0.2, 0.25) is 0 Å². The highest BCUT2D eigenvalue weighted by Crippen LogP contribution is 2.38. The molecule has 0 aromatic heterocycles. The van der Waals surface area contributed by atoms with Crippen molar-refractivity contribution in [1.82, 2.24) is 0 Å². The molecule has 2 aliphatic rings. The van der Waals surface area contributed by atoms with Gasteiger partial charge in [0.1, 0.15) is 6.10 Å². The second-order valence-corrected chi connectivity index (χ2v) is 9.03. The molecule has 0 unspecified atom stereocenters. The molecule has 2 aromatic carbocycles. The fourth-order valence-electron chi connectivity index (χ4n) is 5.18. The molecule has 7 heteroatoms. The van der Waals surface area contributed by atoms with Gasteiger partial charge in [0.05, 0.1) is 12.7 Å². The van der Waals surface area contributed by atoms with E-state index in [0.717, 1.165) is 32.1 Å². The Morgan fingerprint density at radius 2 is 1.30 bits per heavy atom. The number of hydrogen-bond acceptors (Lipinski definition) is 3. The van der Waals surface area contributed by atoms with E-state index in [9.17, 15) is 22.4 Å². The normalized spacial score (nSPS) is 21.6. The van der Waals surface area contributed by atoms with Gasteiger partial charge in [-0.1, -0.05) is 31.4 Å². The van der Waals surface area contributed by atoms with E-state index in [1.54, 1.807) is 0 Å². The molecule has 2 fully saturated rings. The quantitative estimate of drug-likeness (QED) is 0.347. The lowest BCUT2D eigenvalue weighted by Crippen LogP contribution is -2.25. The summed E-state index contributed by atoms with van der Waals surface area (Å²) in [7, 11) is 1.27. The Balaban J connectivity index is 1.38. The van der Waals surface area contributed by atoms with Crippen LogP contribution in [0.25, 0.3) is 0 Å². The summed E-state index contributed by atoms with van der Waals surface area (Å²) in [6.45, 7) is 0. The summed E-state index contributed by atoms with van der Waals surface area (Å²) < 4.78 is 68.0. The molecule has 0 N–H and O–H groups in total. The minimum absolute atomic E-state index is 0.0169. The minimum Gasteiger partial charge on any atom is -0.494 e. The number of esters is 1. The molecule has 0 bridgehead atoms. The second-order valence-electron chi connectivity index (χ2n) is 9.03. The molecule has 0 heterocycles. The Bertz CT molecular complexity index is 1010. The lowest BCUT2D eigenvalue weighted by molar-refractivity contribution is 0.0188. The van der Waals surface area contributed by atoms with E-state index < -0.39 is 40.9 Å². The zero-order chi connectivity index (χ0) is 23.5. The van der Waals surface area contributed by atoms with Gasteiger partial charge in [-0.05, 0) is 73.6 Å². The van der Waals surface area contributed by atoms with Gasteiger partial charge in [0.25, 0.3) is 0 Å². The van der Waals surface area contributed by atoms with Crippen LogP contribution in [0.3, 0.4) is 0 Å². The molecule has 2 aromatic rings. The van der Waals surface area contributed by atoms with Crippen molar-refractivity contribution in [2.75, 3.05) is 7.11 Å². The van der Waals surface area contributed by atoms with E-state index in [0.29, 0.717) is 31.2 Å². The van der Waals surface area contributed by atoms with Crippen LogP contribution in [0.1, 0.15) is 91.1 Å². The zero-order valence-corrected chi connectivity index (χ0v) is 18.6. The van der Waals surface area contributed by atoms with Gasteiger partial charge in [-0.25, -0.2) is 18.0 Å². The van der Waals surface area contributed by atoms with Gasteiger partial charge in [0.15, 0.2) is 23.2 Å². The Morgan fingerprint density at radius 3 is 1.94 bits per heavy atom. The molecule has 178 valence electrons. The second kappa shape index (κ2) is 10.1. The molecule has 0 amide bonds. The number of rotatable bonds is 5. The van der Waals surface area contributed by atoms with Gasteiger partial charge in [0, 0.05) is 0 Å². The molecule has 0 radical (unpaired) electrons. The molecule has 33 heavy (non-hydrogen) atoms. The van der Waals surface area contributed by atoms with Crippen LogP contribution in [-0.2, 0) is 4.74 Å². The Labute approximate surface area is 191 Å².